The molecule has 4 aromatic rings. The van der Waals surface area contributed by atoms with Gasteiger partial charge in [-0.05, 0) is 35.0 Å². The second kappa shape index (κ2) is 6.23. The van der Waals surface area contributed by atoms with Crippen molar-refractivity contribution in [3.05, 3.63) is 59.3 Å². The summed E-state index contributed by atoms with van der Waals surface area (Å²) in [4.78, 5) is 14.0. The van der Waals surface area contributed by atoms with Crippen molar-refractivity contribution in [1.29, 1.82) is 0 Å². The van der Waals surface area contributed by atoms with Gasteiger partial charge in [0.15, 0.2) is 5.82 Å². The summed E-state index contributed by atoms with van der Waals surface area (Å²) in [5.74, 6) is 0.702. The third-order valence-electron chi connectivity index (χ3n) is 3.17. The molecule has 0 radical (unpaired) electrons. The van der Waals surface area contributed by atoms with E-state index in [1.165, 1.54) is 10.4 Å². The number of nitrogens with zero attached hydrogens (tertiary/aromatic N) is 4. The van der Waals surface area contributed by atoms with Crippen LogP contribution in [0.25, 0.3) is 20.7 Å². The number of nitrogens with one attached hydrogen (secondary N) is 1. The quantitative estimate of drug-likeness (QED) is 0.446. The van der Waals surface area contributed by atoms with Crippen LogP contribution in [0.5, 0.6) is 0 Å². The number of anilines is 1. The smallest absolute Gasteiger partial charge is 0.167 e. The van der Waals surface area contributed by atoms with E-state index in [2.05, 4.69) is 48.4 Å². The first-order valence-electron chi connectivity index (χ1n) is 6.87. The summed E-state index contributed by atoms with van der Waals surface area (Å²) in [5.41, 5.74) is 5.90. The monoisotopic (exact) mass is 337 g/mol. The number of rotatable bonds is 4. The van der Waals surface area contributed by atoms with E-state index < -0.39 is 0 Å². The van der Waals surface area contributed by atoms with Crippen LogP contribution < -0.4 is 5.43 Å². The first kappa shape index (κ1) is 14.0. The fourth-order valence-corrected chi connectivity index (χ4v) is 3.87. The number of aromatic nitrogens is 3. The fourth-order valence-electron chi connectivity index (χ4n) is 2.09. The van der Waals surface area contributed by atoms with E-state index >= 15 is 0 Å². The van der Waals surface area contributed by atoms with Crippen molar-refractivity contribution in [1.82, 2.24) is 15.0 Å². The van der Waals surface area contributed by atoms with Gasteiger partial charge in [0.25, 0.3) is 0 Å². The molecule has 0 amide bonds. The highest BCUT2D eigenvalue weighted by Gasteiger charge is 2.10. The Morgan fingerprint density at radius 3 is 2.96 bits per heavy atom. The zero-order chi connectivity index (χ0) is 15.5. The van der Waals surface area contributed by atoms with Gasteiger partial charge >= 0.3 is 0 Å². The van der Waals surface area contributed by atoms with Crippen molar-refractivity contribution < 1.29 is 0 Å². The molecule has 0 spiro atoms. The first-order valence-corrected chi connectivity index (χ1v) is 8.63. The van der Waals surface area contributed by atoms with Crippen LogP contribution >= 0.6 is 22.7 Å². The van der Waals surface area contributed by atoms with Gasteiger partial charge in [-0.2, -0.15) is 16.4 Å². The van der Waals surface area contributed by atoms with E-state index in [0.717, 1.165) is 15.9 Å². The van der Waals surface area contributed by atoms with Gasteiger partial charge in [0, 0.05) is 16.6 Å². The Balaban J connectivity index is 1.63. The van der Waals surface area contributed by atoms with Crippen LogP contribution in [0.15, 0.2) is 58.7 Å². The molecular formula is C16H11N5S2. The summed E-state index contributed by atoms with van der Waals surface area (Å²) in [6.07, 6.45) is 4.95. The van der Waals surface area contributed by atoms with Crippen LogP contribution in [-0.2, 0) is 0 Å². The Morgan fingerprint density at radius 1 is 1.13 bits per heavy atom. The van der Waals surface area contributed by atoms with E-state index in [1.807, 2.05) is 18.2 Å². The van der Waals surface area contributed by atoms with Crippen LogP contribution in [0.2, 0.25) is 0 Å². The van der Waals surface area contributed by atoms with Gasteiger partial charge in [0.1, 0.15) is 6.33 Å². The maximum atomic E-state index is 4.34. The molecule has 7 heteroatoms. The van der Waals surface area contributed by atoms with E-state index in [1.54, 1.807) is 41.4 Å². The molecule has 23 heavy (non-hydrogen) atoms. The summed E-state index contributed by atoms with van der Waals surface area (Å²) in [5, 5.41) is 8.42. The van der Waals surface area contributed by atoms with Crippen molar-refractivity contribution >= 4 is 44.9 Å². The first-order chi connectivity index (χ1) is 11.4. The number of hydrogen-bond acceptors (Lipinski definition) is 7. The van der Waals surface area contributed by atoms with Gasteiger partial charge in [0.2, 0.25) is 0 Å². The van der Waals surface area contributed by atoms with Crippen LogP contribution in [0.3, 0.4) is 0 Å². The van der Waals surface area contributed by atoms with Crippen LogP contribution in [0.1, 0.15) is 5.69 Å². The third-order valence-corrected chi connectivity index (χ3v) is 5.04. The molecule has 0 aliphatic heterocycles. The minimum Gasteiger partial charge on any atom is -0.260 e. The summed E-state index contributed by atoms with van der Waals surface area (Å²) in [7, 11) is 0. The number of thiophene rings is 2. The lowest BCUT2D eigenvalue weighted by Gasteiger charge is -1.99. The Morgan fingerprint density at radius 2 is 2.13 bits per heavy atom. The fraction of sp³-hybridized carbons (Fsp3) is 0. The number of pyridine rings is 1. The van der Waals surface area contributed by atoms with E-state index in [9.17, 15) is 0 Å². The summed E-state index contributed by atoms with van der Waals surface area (Å²) in [6, 6.07) is 9.87. The second-order valence-corrected chi connectivity index (χ2v) is 6.52. The van der Waals surface area contributed by atoms with E-state index in [0.29, 0.717) is 5.82 Å². The second-order valence-electron chi connectivity index (χ2n) is 4.68. The lowest BCUT2D eigenvalue weighted by atomic mass is 10.3. The summed E-state index contributed by atoms with van der Waals surface area (Å²) in [6.45, 7) is 0. The molecule has 4 aromatic heterocycles. The molecule has 0 aromatic carbocycles. The largest absolute Gasteiger partial charge is 0.260 e. The number of hydrogen-bond donors (Lipinski definition) is 1. The van der Waals surface area contributed by atoms with Gasteiger partial charge in [0.05, 0.1) is 22.1 Å². The molecule has 0 aliphatic rings. The molecule has 0 saturated carbocycles. The molecule has 4 rings (SSSR count). The molecule has 4 heterocycles. The number of hydrazone groups is 1. The predicted molar refractivity (Wildman–Crippen MR) is 96.2 cm³/mol. The highest BCUT2D eigenvalue weighted by atomic mass is 32.1. The molecule has 5 nitrogen and oxygen atoms in total. The zero-order valence-corrected chi connectivity index (χ0v) is 13.5. The molecule has 0 saturated heterocycles. The van der Waals surface area contributed by atoms with Crippen molar-refractivity contribution in [3.8, 4) is 10.4 Å². The van der Waals surface area contributed by atoms with Gasteiger partial charge in [-0.25, -0.2) is 9.97 Å². The molecule has 0 unspecified atom stereocenters. The van der Waals surface area contributed by atoms with Crippen molar-refractivity contribution in [2.24, 2.45) is 5.10 Å². The standard InChI is InChI=1S/C16H11N5S2/c1-2-5-17-12(3-1)8-20-21-16-15-13(18-10-19-16)7-14(23-15)11-4-6-22-9-11/h1-10H,(H,18,19,21). The SMILES string of the molecule is C(=NNc1ncnc2cc(-c3ccsc3)sc12)c1ccccn1. The van der Waals surface area contributed by atoms with Crippen LogP contribution in [0, 0.1) is 0 Å². The molecule has 0 fully saturated rings. The van der Waals surface area contributed by atoms with Gasteiger partial charge < -0.3 is 0 Å². The third kappa shape index (κ3) is 2.96. The highest BCUT2D eigenvalue weighted by Crippen LogP contribution is 2.36. The normalized spacial score (nSPS) is 11.3. The maximum Gasteiger partial charge on any atom is 0.167 e. The van der Waals surface area contributed by atoms with E-state index in [4.69, 9.17) is 0 Å². The van der Waals surface area contributed by atoms with E-state index in [-0.39, 0.29) is 0 Å². The minimum atomic E-state index is 0.702. The van der Waals surface area contributed by atoms with Crippen LogP contribution in [-0.4, -0.2) is 21.2 Å². The van der Waals surface area contributed by atoms with Crippen molar-refractivity contribution in [2.75, 3.05) is 5.43 Å². The van der Waals surface area contributed by atoms with Crippen molar-refractivity contribution in [2.45, 2.75) is 0 Å². The van der Waals surface area contributed by atoms with Crippen LogP contribution in [0.4, 0.5) is 5.82 Å². The molecule has 112 valence electrons. The highest BCUT2D eigenvalue weighted by molar-refractivity contribution is 7.23. The average Bonchev–Trinajstić information content (AvgIpc) is 3.25. The average molecular weight is 337 g/mol. The Hall–Kier alpha value is -2.64. The number of fused-ring (bicyclic) bond motifs is 1. The molecule has 1 N–H and O–H groups in total. The van der Waals surface area contributed by atoms with Gasteiger partial charge in [-0.3, -0.25) is 10.4 Å². The van der Waals surface area contributed by atoms with Gasteiger partial charge in [-0.15, -0.1) is 11.3 Å². The topological polar surface area (TPSA) is 63.1 Å². The lowest BCUT2D eigenvalue weighted by Crippen LogP contribution is -1.95. The molecule has 0 atom stereocenters. The van der Waals surface area contributed by atoms with Crippen molar-refractivity contribution in [3.63, 3.8) is 0 Å². The molecule has 0 aliphatic carbocycles. The summed E-state index contributed by atoms with van der Waals surface area (Å²) >= 11 is 3.34. The lowest BCUT2D eigenvalue weighted by molar-refractivity contribution is 1.19. The Labute approximate surface area is 140 Å². The van der Waals surface area contributed by atoms with Gasteiger partial charge in [-0.1, -0.05) is 6.07 Å². The predicted octanol–water partition coefficient (Wildman–Crippen LogP) is 4.26. The Kier molecular flexibility index (Phi) is 3.79. The summed E-state index contributed by atoms with van der Waals surface area (Å²) < 4.78 is 0.992. The molecule has 0 bridgehead atoms. The maximum absolute atomic E-state index is 4.34. The molecular weight excluding hydrogens is 326 g/mol. The minimum absolute atomic E-state index is 0.702. The Bertz CT molecular complexity index is 945. The zero-order valence-electron chi connectivity index (χ0n) is 11.9.